The third-order valence-electron chi connectivity index (χ3n) is 3.20. The fourth-order valence-electron chi connectivity index (χ4n) is 2.21. The normalized spacial score (nSPS) is 12.4. The molecule has 0 aliphatic heterocycles. The molecule has 1 atom stereocenters. The van der Waals surface area contributed by atoms with Gasteiger partial charge in [0.1, 0.15) is 12.4 Å². The SMILES string of the molecule is OC(COc1ccccc1)Cc1csc2ccccc12. The second kappa shape index (κ2) is 6.07. The molecule has 3 rings (SSSR count). The van der Waals surface area contributed by atoms with Crippen molar-refractivity contribution in [3.05, 3.63) is 65.5 Å². The van der Waals surface area contributed by atoms with E-state index in [1.54, 1.807) is 11.3 Å². The molecule has 102 valence electrons. The number of fused-ring (bicyclic) bond motifs is 1. The molecule has 0 aliphatic carbocycles. The molecule has 0 fully saturated rings. The summed E-state index contributed by atoms with van der Waals surface area (Å²) in [7, 11) is 0. The molecular weight excluding hydrogens is 268 g/mol. The zero-order valence-corrected chi connectivity index (χ0v) is 11.8. The minimum atomic E-state index is -0.492. The predicted octanol–water partition coefficient (Wildman–Crippen LogP) is 3.88. The van der Waals surface area contributed by atoms with E-state index in [-0.39, 0.29) is 0 Å². The molecule has 0 spiro atoms. The van der Waals surface area contributed by atoms with Crippen LogP contribution in [0.4, 0.5) is 0 Å². The van der Waals surface area contributed by atoms with Crippen molar-refractivity contribution in [3.63, 3.8) is 0 Å². The number of hydrogen-bond acceptors (Lipinski definition) is 3. The Morgan fingerprint density at radius 3 is 2.60 bits per heavy atom. The molecule has 3 heteroatoms. The number of ether oxygens (including phenoxy) is 1. The van der Waals surface area contributed by atoms with Gasteiger partial charge in [0.25, 0.3) is 0 Å². The van der Waals surface area contributed by atoms with Gasteiger partial charge in [0.05, 0.1) is 6.10 Å². The fourth-order valence-corrected chi connectivity index (χ4v) is 3.19. The minimum Gasteiger partial charge on any atom is -0.491 e. The summed E-state index contributed by atoms with van der Waals surface area (Å²) in [6, 6.07) is 17.9. The van der Waals surface area contributed by atoms with E-state index in [1.165, 1.54) is 15.6 Å². The first-order valence-electron chi connectivity index (χ1n) is 6.64. The molecule has 0 radical (unpaired) electrons. The summed E-state index contributed by atoms with van der Waals surface area (Å²) in [6.45, 7) is 0.314. The Bertz CT molecular complexity index is 676. The third kappa shape index (κ3) is 3.00. The number of benzene rings is 2. The van der Waals surface area contributed by atoms with Gasteiger partial charge in [-0.1, -0.05) is 36.4 Å². The van der Waals surface area contributed by atoms with Crippen molar-refractivity contribution >= 4 is 21.4 Å². The number of aliphatic hydroxyl groups is 1. The first-order valence-corrected chi connectivity index (χ1v) is 7.52. The van der Waals surface area contributed by atoms with E-state index < -0.39 is 6.10 Å². The van der Waals surface area contributed by atoms with Crippen molar-refractivity contribution in [3.8, 4) is 5.75 Å². The number of rotatable bonds is 5. The van der Waals surface area contributed by atoms with E-state index in [4.69, 9.17) is 4.74 Å². The molecule has 1 N–H and O–H groups in total. The van der Waals surface area contributed by atoms with E-state index in [0.717, 1.165) is 5.75 Å². The van der Waals surface area contributed by atoms with Crippen LogP contribution in [0.25, 0.3) is 10.1 Å². The van der Waals surface area contributed by atoms with Crippen LogP contribution < -0.4 is 4.74 Å². The van der Waals surface area contributed by atoms with Crippen LogP contribution in [0.2, 0.25) is 0 Å². The van der Waals surface area contributed by atoms with E-state index in [9.17, 15) is 5.11 Å². The Hall–Kier alpha value is -1.84. The zero-order valence-electron chi connectivity index (χ0n) is 11.0. The number of hydrogen-bond donors (Lipinski definition) is 1. The zero-order chi connectivity index (χ0) is 13.8. The molecule has 2 nitrogen and oxygen atoms in total. The lowest BCUT2D eigenvalue weighted by Gasteiger charge is -2.12. The summed E-state index contributed by atoms with van der Waals surface area (Å²) in [5.41, 5.74) is 1.19. The van der Waals surface area contributed by atoms with Crippen LogP contribution in [0.5, 0.6) is 5.75 Å². The molecule has 2 aromatic carbocycles. The van der Waals surface area contributed by atoms with Crippen molar-refractivity contribution in [2.24, 2.45) is 0 Å². The maximum atomic E-state index is 10.1. The van der Waals surface area contributed by atoms with Gasteiger partial charge in [-0.2, -0.15) is 0 Å². The van der Waals surface area contributed by atoms with Crippen LogP contribution in [0.15, 0.2) is 60.0 Å². The summed E-state index contributed by atoms with van der Waals surface area (Å²) in [5, 5.41) is 13.5. The average molecular weight is 284 g/mol. The van der Waals surface area contributed by atoms with Crippen LogP contribution in [0.1, 0.15) is 5.56 Å². The van der Waals surface area contributed by atoms with Gasteiger partial charge in [-0.15, -0.1) is 11.3 Å². The average Bonchev–Trinajstić information content (AvgIpc) is 2.90. The topological polar surface area (TPSA) is 29.5 Å². The maximum Gasteiger partial charge on any atom is 0.119 e. The smallest absolute Gasteiger partial charge is 0.119 e. The molecular formula is C17H16O2S. The van der Waals surface area contributed by atoms with Crippen LogP contribution >= 0.6 is 11.3 Å². The largest absolute Gasteiger partial charge is 0.491 e. The highest BCUT2D eigenvalue weighted by molar-refractivity contribution is 7.17. The highest BCUT2D eigenvalue weighted by Crippen LogP contribution is 2.26. The summed E-state index contributed by atoms with van der Waals surface area (Å²) in [4.78, 5) is 0. The van der Waals surface area contributed by atoms with Crippen molar-refractivity contribution in [1.29, 1.82) is 0 Å². The Labute approximate surface area is 122 Å². The highest BCUT2D eigenvalue weighted by atomic mass is 32.1. The Morgan fingerprint density at radius 2 is 1.75 bits per heavy atom. The van der Waals surface area contributed by atoms with Crippen LogP contribution in [-0.4, -0.2) is 17.8 Å². The minimum absolute atomic E-state index is 0.314. The second-order valence-corrected chi connectivity index (χ2v) is 5.65. The second-order valence-electron chi connectivity index (χ2n) is 4.74. The van der Waals surface area contributed by atoms with Crippen molar-refractivity contribution in [1.82, 2.24) is 0 Å². The summed E-state index contributed by atoms with van der Waals surface area (Å²) in [6.07, 6.45) is 0.129. The van der Waals surface area contributed by atoms with Gasteiger partial charge in [-0.25, -0.2) is 0 Å². The van der Waals surface area contributed by atoms with Gasteiger partial charge in [0.2, 0.25) is 0 Å². The summed E-state index contributed by atoms with van der Waals surface area (Å²) < 4.78 is 6.84. The number of aliphatic hydroxyl groups excluding tert-OH is 1. The van der Waals surface area contributed by atoms with Crippen molar-refractivity contribution in [2.75, 3.05) is 6.61 Å². The first kappa shape index (κ1) is 13.2. The Balaban J connectivity index is 1.63. The molecule has 0 saturated carbocycles. The van der Waals surface area contributed by atoms with Gasteiger partial charge in [0.15, 0.2) is 0 Å². The van der Waals surface area contributed by atoms with E-state index in [1.807, 2.05) is 42.5 Å². The Kier molecular flexibility index (Phi) is 4.00. The Morgan fingerprint density at radius 1 is 1.00 bits per heavy atom. The van der Waals surface area contributed by atoms with Crippen LogP contribution in [0.3, 0.4) is 0 Å². The summed E-state index contributed by atoms with van der Waals surface area (Å²) >= 11 is 1.72. The van der Waals surface area contributed by atoms with Crippen molar-refractivity contribution in [2.45, 2.75) is 12.5 Å². The number of para-hydroxylation sites is 1. The maximum absolute atomic E-state index is 10.1. The predicted molar refractivity (Wildman–Crippen MR) is 83.5 cm³/mol. The molecule has 1 aromatic heterocycles. The monoisotopic (exact) mass is 284 g/mol. The molecule has 1 unspecified atom stereocenters. The molecule has 1 heterocycles. The van der Waals surface area contributed by atoms with Gasteiger partial charge in [-0.3, -0.25) is 0 Å². The van der Waals surface area contributed by atoms with E-state index >= 15 is 0 Å². The van der Waals surface area contributed by atoms with Crippen LogP contribution in [0, 0.1) is 0 Å². The standard InChI is InChI=1S/C17H16O2S/c18-14(11-19-15-6-2-1-3-7-15)10-13-12-20-17-9-5-4-8-16(13)17/h1-9,12,14,18H,10-11H2. The van der Waals surface area contributed by atoms with Gasteiger partial charge >= 0.3 is 0 Å². The highest BCUT2D eigenvalue weighted by Gasteiger charge is 2.10. The summed E-state index contributed by atoms with van der Waals surface area (Å²) in [5.74, 6) is 0.793. The molecule has 3 aromatic rings. The number of thiophene rings is 1. The first-order chi connectivity index (χ1) is 9.83. The third-order valence-corrected chi connectivity index (χ3v) is 4.21. The van der Waals surface area contributed by atoms with Gasteiger partial charge < -0.3 is 9.84 Å². The molecule has 0 aliphatic rings. The van der Waals surface area contributed by atoms with Crippen LogP contribution in [-0.2, 0) is 6.42 Å². The van der Waals surface area contributed by atoms with Gasteiger partial charge in [-0.05, 0) is 34.5 Å². The van der Waals surface area contributed by atoms with E-state index in [2.05, 4.69) is 17.5 Å². The quantitative estimate of drug-likeness (QED) is 0.770. The molecule has 0 bridgehead atoms. The lowest BCUT2D eigenvalue weighted by atomic mass is 10.1. The fraction of sp³-hybridized carbons (Fsp3) is 0.176. The van der Waals surface area contributed by atoms with Gasteiger partial charge in [0, 0.05) is 11.1 Å². The lowest BCUT2D eigenvalue weighted by molar-refractivity contribution is 0.108. The molecule has 0 saturated heterocycles. The molecule has 0 amide bonds. The van der Waals surface area contributed by atoms with Crippen molar-refractivity contribution < 1.29 is 9.84 Å². The lowest BCUT2D eigenvalue weighted by Crippen LogP contribution is -2.19. The van der Waals surface area contributed by atoms with E-state index in [0.29, 0.717) is 13.0 Å². The molecule has 20 heavy (non-hydrogen) atoms.